The zero-order chi connectivity index (χ0) is 12.7. The van der Waals surface area contributed by atoms with Gasteiger partial charge < -0.3 is 10.2 Å². The number of anilines is 1. The van der Waals surface area contributed by atoms with E-state index in [9.17, 15) is 4.39 Å². The van der Waals surface area contributed by atoms with Gasteiger partial charge in [-0.1, -0.05) is 26.0 Å². The average molecular weight is 238 g/mol. The van der Waals surface area contributed by atoms with E-state index < -0.39 is 0 Å². The number of nitrogens with one attached hydrogen (secondary N) is 1. The van der Waals surface area contributed by atoms with Crippen molar-refractivity contribution in [3.05, 3.63) is 30.1 Å². The molecule has 96 valence electrons. The fourth-order valence-corrected chi connectivity index (χ4v) is 1.58. The van der Waals surface area contributed by atoms with Gasteiger partial charge in [-0.2, -0.15) is 0 Å². The molecule has 1 N–H and O–H groups in total. The summed E-state index contributed by atoms with van der Waals surface area (Å²) >= 11 is 0. The molecule has 0 saturated carbocycles. The Kier molecular flexibility index (Phi) is 5.98. The molecule has 0 radical (unpaired) electrons. The zero-order valence-corrected chi connectivity index (χ0v) is 11.0. The summed E-state index contributed by atoms with van der Waals surface area (Å²) in [6.45, 7) is 7.25. The molecule has 0 aromatic heterocycles. The number of hydrogen-bond acceptors (Lipinski definition) is 2. The summed E-state index contributed by atoms with van der Waals surface area (Å²) in [7, 11) is 2.10. The van der Waals surface area contributed by atoms with Crippen molar-refractivity contribution >= 4 is 5.69 Å². The van der Waals surface area contributed by atoms with Crippen molar-refractivity contribution in [2.45, 2.75) is 20.3 Å². The molecular formula is C14H23FN2. The molecule has 0 atom stereocenters. The first kappa shape index (κ1) is 14.0. The summed E-state index contributed by atoms with van der Waals surface area (Å²) in [6, 6.07) is 6.79. The van der Waals surface area contributed by atoms with Crippen LogP contribution in [0.25, 0.3) is 0 Å². The molecule has 0 saturated heterocycles. The van der Waals surface area contributed by atoms with Crippen molar-refractivity contribution in [3.63, 3.8) is 0 Å². The van der Waals surface area contributed by atoms with Gasteiger partial charge in [0, 0.05) is 13.1 Å². The van der Waals surface area contributed by atoms with E-state index in [1.165, 1.54) is 12.5 Å². The Hall–Kier alpha value is -1.09. The summed E-state index contributed by atoms with van der Waals surface area (Å²) in [4.78, 5) is 2.27. The molecule has 0 aliphatic heterocycles. The van der Waals surface area contributed by atoms with Gasteiger partial charge in [0.15, 0.2) is 0 Å². The fourth-order valence-electron chi connectivity index (χ4n) is 1.58. The average Bonchev–Trinajstić information content (AvgIpc) is 2.29. The third-order valence-electron chi connectivity index (χ3n) is 2.77. The predicted octanol–water partition coefficient (Wildman–Crippen LogP) is 3.22. The molecule has 0 unspecified atom stereocenters. The first-order valence-electron chi connectivity index (χ1n) is 6.26. The minimum atomic E-state index is -0.183. The van der Waals surface area contributed by atoms with Gasteiger partial charge >= 0.3 is 0 Å². The highest BCUT2D eigenvalue weighted by Gasteiger charge is 2.02. The van der Waals surface area contributed by atoms with Crippen LogP contribution in [0, 0.1) is 11.7 Å². The summed E-state index contributed by atoms with van der Waals surface area (Å²) in [6.07, 6.45) is 1.20. The van der Waals surface area contributed by atoms with Crippen LogP contribution < -0.4 is 5.32 Å². The lowest BCUT2D eigenvalue weighted by Crippen LogP contribution is -2.27. The van der Waals surface area contributed by atoms with E-state index in [4.69, 9.17) is 0 Å². The van der Waals surface area contributed by atoms with Crippen molar-refractivity contribution in [1.29, 1.82) is 0 Å². The molecule has 17 heavy (non-hydrogen) atoms. The summed E-state index contributed by atoms with van der Waals surface area (Å²) in [5, 5.41) is 3.11. The van der Waals surface area contributed by atoms with E-state index in [0.29, 0.717) is 5.69 Å². The molecule has 0 heterocycles. The quantitative estimate of drug-likeness (QED) is 0.784. The monoisotopic (exact) mass is 238 g/mol. The topological polar surface area (TPSA) is 15.3 Å². The molecule has 1 rings (SSSR count). The second kappa shape index (κ2) is 7.28. The largest absolute Gasteiger partial charge is 0.381 e. The van der Waals surface area contributed by atoms with Crippen LogP contribution in [0.5, 0.6) is 0 Å². The maximum atomic E-state index is 13.3. The molecule has 0 aliphatic carbocycles. The van der Waals surface area contributed by atoms with Crippen LogP contribution in [0.1, 0.15) is 20.3 Å². The van der Waals surface area contributed by atoms with Gasteiger partial charge in [0.2, 0.25) is 0 Å². The molecule has 1 aromatic carbocycles. The summed E-state index contributed by atoms with van der Waals surface area (Å²) in [5.74, 6) is 0.550. The van der Waals surface area contributed by atoms with E-state index in [1.807, 2.05) is 6.07 Å². The minimum Gasteiger partial charge on any atom is -0.381 e. The number of halogens is 1. The first-order chi connectivity index (χ1) is 8.09. The Balaban J connectivity index is 2.21. The van der Waals surface area contributed by atoms with Crippen molar-refractivity contribution in [2.75, 3.05) is 32.0 Å². The predicted molar refractivity (Wildman–Crippen MR) is 71.8 cm³/mol. The molecule has 0 spiro atoms. The van der Waals surface area contributed by atoms with Crippen molar-refractivity contribution in [2.24, 2.45) is 5.92 Å². The van der Waals surface area contributed by atoms with Gasteiger partial charge in [-0.3, -0.25) is 0 Å². The van der Waals surface area contributed by atoms with Gasteiger partial charge in [-0.15, -0.1) is 0 Å². The molecule has 1 aromatic rings. The fraction of sp³-hybridized carbons (Fsp3) is 0.571. The normalized spacial score (nSPS) is 11.2. The van der Waals surface area contributed by atoms with Gasteiger partial charge in [-0.25, -0.2) is 4.39 Å². The van der Waals surface area contributed by atoms with Crippen molar-refractivity contribution in [3.8, 4) is 0 Å². The minimum absolute atomic E-state index is 0.183. The Labute approximate surface area is 104 Å². The zero-order valence-electron chi connectivity index (χ0n) is 11.0. The van der Waals surface area contributed by atoms with Gasteiger partial charge in [0.1, 0.15) is 5.82 Å². The van der Waals surface area contributed by atoms with Gasteiger partial charge in [-0.05, 0) is 38.1 Å². The lowest BCUT2D eigenvalue weighted by atomic mass is 10.1. The highest BCUT2D eigenvalue weighted by molar-refractivity contribution is 5.44. The maximum Gasteiger partial charge on any atom is 0.146 e. The molecule has 0 fully saturated rings. The Morgan fingerprint density at radius 3 is 2.59 bits per heavy atom. The van der Waals surface area contributed by atoms with E-state index in [2.05, 4.69) is 31.1 Å². The second-order valence-electron chi connectivity index (χ2n) is 4.89. The van der Waals surface area contributed by atoms with Crippen LogP contribution in [0.3, 0.4) is 0 Å². The van der Waals surface area contributed by atoms with E-state index in [0.717, 1.165) is 25.6 Å². The summed E-state index contributed by atoms with van der Waals surface area (Å²) in [5.41, 5.74) is 0.588. The van der Waals surface area contributed by atoms with Crippen molar-refractivity contribution in [1.82, 2.24) is 4.90 Å². The molecule has 2 nitrogen and oxygen atoms in total. The number of nitrogens with zero attached hydrogens (tertiary/aromatic N) is 1. The highest BCUT2D eigenvalue weighted by atomic mass is 19.1. The highest BCUT2D eigenvalue weighted by Crippen LogP contribution is 2.11. The Bertz CT molecular complexity index is 326. The lowest BCUT2D eigenvalue weighted by molar-refractivity contribution is 0.321. The maximum absolute atomic E-state index is 13.3. The van der Waals surface area contributed by atoms with Crippen LogP contribution in [-0.2, 0) is 0 Å². The van der Waals surface area contributed by atoms with Crippen molar-refractivity contribution < 1.29 is 4.39 Å². The SMILES string of the molecule is CC(C)CCN(C)CCNc1ccccc1F. The molecule has 0 amide bonds. The standard InChI is InChI=1S/C14H23FN2/c1-12(2)8-10-17(3)11-9-16-14-7-5-4-6-13(14)15/h4-7,12,16H,8-11H2,1-3H3. The number of rotatable bonds is 7. The second-order valence-corrected chi connectivity index (χ2v) is 4.89. The first-order valence-corrected chi connectivity index (χ1v) is 6.26. The third-order valence-corrected chi connectivity index (χ3v) is 2.77. The Morgan fingerprint density at radius 1 is 1.24 bits per heavy atom. The number of benzene rings is 1. The smallest absolute Gasteiger partial charge is 0.146 e. The molecule has 0 aliphatic rings. The number of likely N-dealkylation sites (N-methyl/N-ethyl adjacent to an activating group) is 1. The van der Waals surface area contributed by atoms with Crippen LogP contribution >= 0.6 is 0 Å². The van der Waals surface area contributed by atoms with Gasteiger partial charge in [0.25, 0.3) is 0 Å². The van der Waals surface area contributed by atoms with Gasteiger partial charge in [0.05, 0.1) is 5.69 Å². The van der Waals surface area contributed by atoms with E-state index in [1.54, 1.807) is 12.1 Å². The van der Waals surface area contributed by atoms with Crippen LogP contribution in [-0.4, -0.2) is 31.6 Å². The van der Waals surface area contributed by atoms with E-state index >= 15 is 0 Å². The molecule has 0 bridgehead atoms. The third kappa shape index (κ3) is 5.68. The molecular weight excluding hydrogens is 215 g/mol. The number of hydrogen-bond donors (Lipinski definition) is 1. The molecule has 3 heteroatoms. The van der Waals surface area contributed by atoms with Crippen LogP contribution in [0.2, 0.25) is 0 Å². The Morgan fingerprint density at radius 2 is 1.94 bits per heavy atom. The van der Waals surface area contributed by atoms with E-state index in [-0.39, 0.29) is 5.82 Å². The van der Waals surface area contributed by atoms with Crippen LogP contribution in [0.4, 0.5) is 10.1 Å². The lowest BCUT2D eigenvalue weighted by Gasteiger charge is -2.18. The number of para-hydroxylation sites is 1. The van der Waals surface area contributed by atoms with Crippen LogP contribution in [0.15, 0.2) is 24.3 Å². The summed E-state index contributed by atoms with van der Waals surface area (Å²) < 4.78 is 13.3.